The second kappa shape index (κ2) is 7.25. The number of rotatable bonds is 4. The van der Waals surface area contributed by atoms with Crippen molar-refractivity contribution >= 4 is 44.8 Å². The van der Waals surface area contributed by atoms with E-state index in [0.29, 0.717) is 16.7 Å². The first-order chi connectivity index (χ1) is 12.3. The number of anilines is 2. The Labute approximate surface area is 158 Å². The number of benzene rings is 2. The van der Waals surface area contributed by atoms with Gasteiger partial charge in [0.1, 0.15) is 0 Å². The zero-order valence-corrected chi connectivity index (χ0v) is 15.5. The van der Waals surface area contributed by atoms with E-state index >= 15 is 0 Å². The topological polar surface area (TPSA) is 92.6 Å². The van der Waals surface area contributed by atoms with E-state index in [4.69, 9.17) is 0 Å². The summed E-state index contributed by atoms with van der Waals surface area (Å²) in [5.74, 6) is -0.869. The van der Waals surface area contributed by atoms with E-state index in [0.717, 1.165) is 11.3 Å². The SMILES string of the molecule is Cc1cccc(N2C[C@H](C(=O)Nc3ccc([N+](=O)[O-])cc3Br)CC2=O)c1. The van der Waals surface area contributed by atoms with E-state index in [1.807, 2.05) is 31.2 Å². The molecule has 1 atom stereocenters. The molecule has 0 aliphatic carbocycles. The number of hydrogen-bond acceptors (Lipinski definition) is 4. The van der Waals surface area contributed by atoms with E-state index in [-0.39, 0.29) is 23.9 Å². The van der Waals surface area contributed by atoms with Gasteiger partial charge in [-0.25, -0.2) is 0 Å². The van der Waals surface area contributed by atoms with Gasteiger partial charge in [-0.2, -0.15) is 0 Å². The number of hydrogen-bond donors (Lipinski definition) is 1. The molecule has 0 saturated carbocycles. The third kappa shape index (κ3) is 3.75. The van der Waals surface area contributed by atoms with E-state index < -0.39 is 10.8 Å². The van der Waals surface area contributed by atoms with Gasteiger partial charge in [0.15, 0.2) is 0 Å². The van der Waals surface area contributed by atoms with Gasteiger partial charge >= 0.3 is 0 Å². The number of nitro benzene ring substituents is 1. The number of carbonyl (C=O) groups is 2. The van der Waals surface area contributed by atoms with Crippen molar-refractivity contribution in [3.05, 3.63) is 62.6 Å². The minimum atomic E-state index is -0.508. The van der Waals surface area contributed by atoms with Crippen LogP contribution in [-0.4, -0.2) is 23.3 Å². The Morgan fingerprint density at radius 2 is 2.08 bits per heavy atom. The molecular formula is C18H16BrN3O4. The number of halogens is 1. The van der Waals surface area contributed by atoms with Crippen molar-refractivity contribution in [3.63, 3.8) is 0 Å². The summed E-state index contributed by atoms with van der Waals surface area (Å²) in [7, 11) is 0. The first-order valence-corrected chi connectivity index (χ1v) is 8.76. The van der Waals surface area contributed by atoms with Crippen LogP contribution in [0.25, 0.3) is 0 Å². The molecule has 2 aromatic carbocycles. The molecule has 0 spiro atoms. The second-order valence-electron chi connectivity index (χ2n) is 6.15. The normalized spacial score (nSPS) is 16.6. The number of non-ortho nitro benzene ring substituents is 1. The summed E-state index contributed by atoms with van der Waals surface area (Å²) in [6, 6.07) is 11.7. The Hall–Kier alpha value is -2.74. The minimum absolute atomic E-state index is 0.0726. The van der Waals surface area contributed by atoms with Gasteiger partial charge in [0.2, 0.25) is 11.8 Å². The molecule has 134 valence electrons. The molecule has 1 fully saturated rings. The van der Waals surface area contributed by atoms with Gasteiger partial charge in [-0.05, 0) is 46.6 Å². The largest absolute Gasteiger partial charge is 0.325 e. The first-order valence-electron chi connectivity index (χ1n) is 7.97. The highest BCUT2D eigenvalue weighted by molar-refractivity contribution is 9.10. The summed E-state index contributed by atoms with van der Waals surface area (Å²) in [5.41, 5.74) is 2.18. The maximum atomic E-state index is 12.5. The molecule has 0 radical (unpaired) electrons. The van der Waals surface area contributed by atoms with Crippen LogP contribution in [0, 0.1) is 23.0 Å². The molecule has 1 heterocycles. The maximum absolute atomic E-state index is 12.5. The predicted octanol–water partition coefficient (Wildman–Crippen LogP) is 3.66. The number of aryl methyl sites for hydroxylation is 1. The fourth-order valence-electron chi connectivity index (χ4n) is 2.88. The molecule has 1 aliphatic heterocycles. The van der Waals surface area contributed by atoms with E-state index in [1.165, 1.54) is 18.2 Å². The van der Waals surface area contributed by atoms with E-state index in [1.54, 1.807) is 4.90 Å². The average molecular weight is 418 g/mol. The molecule has 0 aromatic heterocycles. The lowest BCUT2D eigenvalue weighted by Crippen LogP contribution is -2.28. The number of nitrogens with one attached hydrogen (secondary N) is 1. The van der Waals surface area contributed by atoms with Crippen LogP contribution in [0.2, 0.25) is 0 Å². The molecule has 3 rings (SSSR count). The summed E-state index contributed by atoms with van der Waals surface area (Å²) in [6.45, 7) is 2.25. The molecule has 7 nitrogen and oxygen atoms in total. The van der Waals surface area contributed by atoms with Crippen LogP contribution in [-0.2, 0) is 9.59 Å². The van der Waals surface area contributed by atoms with Crippen molar-refractivity contribution in [3.8, 4) is 0 Å². The lowest BCUT2D eigenvalue weighted by Gasteiger charge is -2.17. The summed E-state index contributed by atoms with van der Waals surface area (Å²) in [6.07, 6.45) is 0.129. The summed E-state index contributed by atoms with van der Waals surface area (Å²) >= 11 is 3.22. The number of nitro groups is 1. The highest BCUT2D eigenvalue weighted by Crippen LogP contribution is 2.30. The lowest BCUT2D eigenvalue weighted by molar-refractivity contribution is -0.384. The number of amides is 2. The highest BCUT2D eigenvalue weighted by atomic mass is 79.9. The van der Waals surface area contributed by atoms with Crippen molar-refractivity contribution in [2.24, 2.45) is 5.92 Å². The van der Waals surface area contributed by atoms with Crippen LogP contribution in [0.15, 0.2) is 46.9 Å². The highest BCUT2D eigenvalue weighted by Gasteiger charge is 2.35. The molecule has 2 amide bonds. The second-order valence-corrected chi connectivity index (χ2v) is 7.01. The van der Waals surface area contributed by atoms with Crippen molar-refractivity contribution in [1.29, 1.82) is 0 Å². The van der Waals surface area contributed by atoms with Gasteiger partial charge in [-0.3, -0.25) is 19.7 Å². The van der Waals surface area contributed by atoms with E-state index in [9.17, 15) is 19.7 Å². The zero-order valence-electron chi connectivity index (χ0n) is 13.9. The number of nitrogens with zero attached hydrogens (tertiary/aromatic N) is 2. The zero-order chi connectivity index (χ0) is 18.8. The molecule has 26 heavy (non-hydrogen) atoms. The van der Waals surface area contributed by atoms with Crippen LogP contribution in [0.3, 0.4) is 0 Å². The fourth-order valence-corrected chi connectivity index (χ4v) is 3.35. The maximum Gasteiger partial charge on any atom is 0.270 e. The van der Waals surface area contributed by atoms with Crippen LogP contribution < -0.4 is 10.2 Å². The Balaban J connectivity index is 1.71. The minimum Gasteiger partial charge on any atom is -0.325 e. The molecule has 1 N–H and O–H groups in total. The van der Waals surface area contributed by atoms with Gasteiger partial charge in [0, 0.05) is 35.3 Å². The van der Waals surface area contributed by atoms with Crippen molar-refractivity contribution in [2.75, 3.05) is 16.8 Å². The predicted molar refractivity (Wildman–Crippen MR) is 101 cm³/mol. The van der Waals surface area contributed by atoms with Gasteiger partial charge in [-0.15, -0.1) is 0 Å². The Morgan fingerprint density at radius 3 is 2.73 bits per heavy atom. The monoisotopic (exact) mass is 417 g/mol. The summed E-state index contributed by atoms with van der Waals surface area (Å²) in [4.78, 5) is 36.7. The summed E-state index contributed by atoms with van der Waals surface area (Å²) < 4.78 is 0.417. The molecule has 8 heteroatoms. The first kappa shape index (κ1) is 18.1. The fraction of sp³-hybridized carbons (Fsp3) is 0.222. The quantitative estimate of drug-likeness (QED) is 0.606. The third-order valence-corrected chi connectivity index (χ3v) is 4.89. The average Bonchev–Trinajstić information content (AvgIpc) is 2.98. The van der Waals surface area contributed by atoms with Crippen LogP contribution in [0.1, 0.15) is 12.0 Å². The molecule has 2 aromatic rings. The third-order valence-electron chi connectivity index (χ3n) is 4.23. The standard InChI is InChI=1S/C18H16BrN3O4/c1-11-3-2-4-13(7-11)21-10-12(8-17(21)23)18(24)20-16-6-5-14(22(25)26)9-15(16)19/h2-7,9,12H,8,10H2,1H3,(H,20,24)/t12-/m1/s1. The molecule has 1 aliphatic rings. The van der Waals surface area contributed by atoms with E-state index in [2.05, 4.69) is 21.2 Å². The lowest BCUT2D eigenvalue weighted by atomic mass is 10.1. The van der Waals surface area contributed by atoms with Gasteiger partial charge in [0.25, 0.3) is 5.69 Å². The Kier molecular flexibility index (Phi) is 5.03. The van der Waals surface area contributed by atoms with Crippen LogP contribution in [0.5, 0.6) is 0 Å². The van der Waals surface area contributed by atoms with Crippen LogP contribution in [0.4, 0.5) is 17.1 Å². The molecule has 0 bridgehead atoms. The van der Waals surface area contributed by atoms with Gasteiger partial charge < -0.3 is 10.2 Å². The summed E-state index contributed by atoms with van der Waals surface area (Å²) in [5, 5.41) is 13.5. The van der Waals surface area contributed by atoms with Crippen LogP contribution >= 0.6 is 15.9 Å². The molecule has 1 saturated heterocycles. The number of carbonyl (C=O) groups excluding carboxylic acids is 2. The van der Waals surface area contributed by atoms with Gasteiger partial charge in [-0.1, -0.05) is 12.1 Å². The Bertz CT molecular complexity index is 900. The molecular weight excluding hydrogens is 402 g/mol. The Morgan fingerprint density at radius 1 is 1.31 bits per heavy atom. The van der Waals surface area contributed by atoms with Crippen molar-refractivity contribution < 1.29 is 14.5 Å². The van der Waals surface area contributed by atoms with Crippen molar-refractivity contribution in [2.45, 2.75) is 13.3 Å². The smallest absolute Gasteiger partial charge is 0.270 e. The van der Waals surface area contributed by atoms with Crippen molar-refractivity contribution in [1.82, 2.24) is 0 Å². The van der Waals surface area contributed by atoms with Gasteiger partial charge in [0.05, 0.1) is 16.5 Å². The molecule has 0 unspecified atom stereocenters.